The van der Waals surface area contributed by atoms with Crippen molar-refractivity contribution in [3.63, 3.8) is 0 Å². The Kier molecular flexibility index (Phi) is 5.91. The summed E-state index contributed by atoms with van der Waals surface area (Å²) in [5.41, 5.74) is 14.6. The molecular weight excluding hydrogens is 416 g/mol. The number of para-hydroxylation sites is 1. The van der Waals surface area contributed by atoms with Gasteiger partial charge in [0, 0.05) is 17.6 Å². The van der Waals surface area contributed by atoms with Crippen molar-refractivity contribution in [1.82, 2.24) is 19.5 Å². The number of nitrogens with two attached hydrogens (primary N) is 2. The highest BCUT2D eigenvalue weighted by Crippen LogP contribution is 2.20. The number of amides is 1. The number of hydrogen-bond donors (Lipinski definition) is 3. The number of benzene rings is 2. The van der Waals surface area contributed by atoms with Crippen molar-refractivity contribution in [2.75, 3.05) is 5.73 Å². The number of hydrogen-bond acceptors (Lipinski definition) is 5. The maximum Gasteiger partial charge on any atom is 0.263 e. The standard InChI is InChI=1S/C18H17NO.C7H7N5O/c1-3-15-12-14-9-7-8-13(2)17(14)18(20)19(15)16-10-5-4-6-11-16;8-5-4-3(6(9)13)1-10-7(4)12-2-11-5/h4-12H,3H2,1-2H3;1-2H,(H2,9,13)(H3,8,10,11,12). The molecule has 8 nitrogen and oxygen atoms in total. The fourth-order valence-electron chi connectivity index (χ4n) is 3.89. The molecule has 1 amide bonds. The van der Waals surface area contributed by atoms with Gasteiger partial charge in [-0.2, -0.15) is 0 Å². The Morgan fingerprint density at radius 3 is 2.52 bits per heavy atom. The van der Waals surface area contributed by atoms with Gasteiger partial charge in [-0.3, -0.25) is 14.2 Å². The zero-order valence-electron chi connectivity index (χ0n) is 18.4. The molecule has 2 aromatic carbocycles. The molecule has 0 saturated heterocycles. The fraction of sp³-hybridized carbons (Fsp3) is 0.120. The molecule has 8 heteroatoms. The Hall–Kier alpha value is -4.46. The molecule has 5 N–H and O–H groups in total. The number of nitrogens with zero attached hydrogens (tertiary/aromatic N) is 3. The molecule has 0 aliphatic carbocycles. The minimum absolute atomic E-state index is 0.0728. The number of rotatable bonds is 3. The average molecular weight is 441 g/mol. The molecule has 33 heavy (non-hydrogen) atoms. The third kappa shape index (κ3) is 4.06. The number of pyridine rings is 1. The van der Waals surface area contributed by atoms with Gasteiger partial charge in [0.25, 0.3) is 11.5 Å². The van der Waals surface area contributed by atoms with Crippen LogP contribution in [0.25, 0.3) is 27.5 Å². The van der Waals surface area contributed by atoms with Crippen LogP contribution in [-0.2, 0) is 6.42 Å². The molecule has 166 valence electrons. The molecule has 0 aliphatic rings. The Bertz CT molecular complexity index is 1520. The summed E-state index contributed by atoms with van der Waals surface area (Å²) in [5.74, 6) is -0.298. The van der Waals surface area contributed by atoms with Crippen LogP contribution in [0.3, 0.4) is 0 Å². The van der Waals surface area contributed by atoms with Gasteiger partial charge in [-0.15, -0.1) is 0 Å². The molecule has 0 unspecified atom stereocenters. The van der Waals surface area contributed by atoms with Gasteiger partial charge in [0.2, 0.25) is 0 Å². The van der Waals surface area contributed by atoms with E-state index in [9.17, 15) is 9.59 Å². The number of H-pyrrole nitrogens is 1. The van der Waals surface area contributed by atoms with Gasteiger partial charge in [0.05, 0.1) is 16.3 Å². The van der Waals surface area contributed by atoms with Gasteiger partial charge in [-0.25, -0.2) is 9.97 Å². The molecule has 0 bridgehead atoms. The first-order chi connectivity index (χ1) is 15.9. The Morgan fingerprint density at radius 2 is 1.82 bits per heavy atom. The van der Waals surface area contributed by atoms with Crippen LogP contribution in [-0.4, -0.2) is 25.4 Å². The molecule has 5 rings (SSSR count). The maximum absolute atomic E-state index is 12.9. The van der Waals surface area contributed by atoms with Crippen molar-refractivity contribution in [2.45, 2.75) is 20.3 Å². The van der Waals surface area contributed by atoms with Crippen molar-refractivity contribution in [1.29, 1.82) is 0 Å². The first kappa shape index (κ1) is 21.8. The summed E-state index contributed by atoms with van der Waals surface area (Å²) in [6.07, 6.45) is 3.62. The van der Waals surface area contributed by atoms with E-state index in [2.05, 4.69) is 27.9 Å². The lowest BCUT2D eigenvalue weighted by Crippen LogP contribution is -2.22. The Balaban J connectivity index is 0.000000172. The Morgan fingerprint density at radius 1 is 1.06 bits per heavy atom. The zero-order chi connectivity index (χ0) is 23.5. The van der Waals surface area contributed by atoms with E-state index in [1.54, 1.807) is 0 Å². The average Bonchev–Trinajstić information content (AvgIpc) is 3.26. The van der Waals surface area contributed by atoms with Crippen LogP contribution in [0.2, 0.25) is 0 Å². The monoisotopic (exact) mass is 440 g/mol. The number of primary amides is 1. The smallest absolute Gasteiger partial charge is 0.263 e. The van der Waals surface area contributed by atoms with Crippen LogP contribution in [0.1, 0.15) is 28.5 Å². The number of nitrogens with one attached hydrogen (secondary N) is 1. The van der Waals surface area contributed by atoms with Gasteiger partial charge in [-0.1, -0.05) is 43.3 Å². The van der Waals surface area contributed by atoms with Crippen LogP contribution in [0.5, 0.6) is 0 Å². The predicted octanol–water partition coefficient (Wildman–Crippen LogP) is 3.50. The van der Waals surface area contributed by atoms with E-state index in [1.165, 1.54) is 12.5 Å². The second-order valence-electron chi connectivity index (χ2n) is 7.55. The van der Waals surface area contributed by atoms with E-state index in [4.69, 9.17) is 11.5 Å². The lowest BCUT2D eigenvalue weighted by atomic mass is 10.1. The Labute approximate surface area is 189 Å². The lowest BCUT2D eigenvalue weighted by molar-refractivity contribution is 0.100. The molecule has 0 aliphatic heterocycles. The minimum Gasteiger partial charge on any atom is -0.383 e. The third-order valence-electron chi connectivity index (χ3n) is 5.47. The van der Waals surface area contributed by atoms with E-state index < -0.39 is 5.91 Å². The number of carbonyl (C=O) groups excluding carboxylic acids is 1. The molecule has 0 saturated carbocycles. The fourth-order valence-corrected chi connectivity index (χ4v) is 3.89. The highest BCUT2D eigenvalue weighted by atomic mass is 16.1. The van der Waals surface area contributed by atoms with Crippen molar-refractivity contribution < 1.29 is 4.79 Å². The molecule has 5 aromatic rings. The molecule has 0 fully saturated rings. The van der Waals surface area contributed by atoms with Gasteiger partial charge in [-0.05, 0) is 42.5 Å². The normalized spacial score (nSPS) is 10.7. The van der Waals surface area contributed by atoms with Gasteiger partial charge >= 0.3 is 0 Å². The quantitative estimate of drug-likeness (QED) is 0.395. The number of fused-ring (bicyclic) bond motifs is 2. The summed E-state index contributed by atoms with van der Waals surface area (Å²) in [6, 6.07) is 18.0. The van der Waals surface area contributed by atoms with Gasteiger partial charge in [0.15, 0.2) is 0 Å². The highest BCUT2D eigenvalue weighted by molar-refractivity contribution is 6.08. The van der Waals surface area contributed by atoms with Crippen molar-refractivity contribution in [2.24, 2.45) is 5.73 Å². The highest BCUT2D eigenvalue weighted by Gasteiger charge is 2.13. The molecule has 0 radical (unpaired) electrons. The number of aromatic amines is 1. The third-order valence-corrected chi connectivity index (χ3v) is 5.47. The number of aromatic nitrogens is 4. The number of carbonyl (C=O) groups is 1. The topological polar surface area (TPSA) is 133 Å². The summed E-state index contributed by atoms with van der Waals surface area (Å²) in [7, 11) is 0. The number of anilines is 1. The second kappa shape index (κ2) is 8.96. The van der Waals surface area contributed by atoms with E-state index in [0.29, 0.717) is 16.6 Å². The van der Waals surface area contributed by atoms with Crippen molar-refractivity contribution >= 4 is 33.5 Å². The van der Waals surface area contributed by atoms with Crippen LogP contribution in [0.15, 0.2) is 71.9 Å². The second-order valence-corrected chi connectivity index (χ2v) is 7.55. The van der Waals surface area contributed by atoms with E-state index in [-0.39, 0.29) is 11.4 Å². The van der Waals surface area contributed by atoms with Crippen LogP contribution < -0.4 is 17.0 Å². The first-order valence-corrected chi connectivity index (χ1v) is 10.5. The predicted molar refractivity (Wildman–Crippen MR) is 130 cm³/mol. The minimum atomic E-state index is -0.548. The van der Waals surface area contributed by atoms with Crippen LogP contribution in [0.4, 0.5) is 5.82 Å². The summed E-state index contributed by atoms with van der Waals surface area (Å²) in [5, 5.41) is 2.32. The maximum atomic E-state index is 12.9. The molecule has 3 aromatic heterocycles. The van der Waals surface area contributed by atoms with Crippen LogP contribution in [0, 0.1) is 6.92 Å². The van der Waals surface area contributed by atoms with Gasteiger partial charge in [0.1, 0.15) is 17.8 Å². The zero-order valence-corrected chi connectivity index (χ0v) is 18.4. The van der Waals surface area contributed by atoms with Gasteiger partial charge < -0.3 is 16.5 Å². The van der Waals surface area contributed by atoms with E-state index >= 15 is 0 Å². The molecule has 0 atom stereocenters. The SMILES string of the molecule is CCc1cc2cccc(C)c2c(=O)n1-c1ccccc1.NC(=O)c1c[nH]c2ncnc(N)c12. The summed E-state index contributed by atoms with van der Waals surface area (Å²) in [6.45, 7) is 4.07. The molecular formula is C25H24N6O2. The van der Waals surface area contributed by atoms with Crippen molar-refractivity contribution in [3.8, 4) is 5.69 Å². The van der Waals surface area contributed by atoms with E-state index in [0.717, 1.165) is 34.1 Å². The number of aryl methyl sites for hydroxylation is 2. The first-order valence-electron chi connectivity index (χ1n) is 10.5. The summed E-state index contributed by atoms with van der Waals surface area (Å²) in [4.78, 5) is 34.2. The van der Waals surface area contributed by atoms with Crippen molar-refractivity contribution in [3.05, 3.63) is 94.3 Å². The molecule has 0 spiro atoms. The summed E-state index contributed by atoms with van der Waals surface area (Å²) < 4.78 is 1.83. The molecule has 3 heterocycles. The largest absolute Gasteiger partial charge is 0.383 e. The van der Waals surface area contributed by atoms with E-state index in [1.807, 2.05) is 60.0 Å². The number of nitrogen functional groups attached to an aromatic ring is 1. The lowest BCUT2D eigenvalue weighted by Gasteiger charge is -2.14. The summed E-state index contributed by atoms with van der Waals surface area (Å²) >= 11 is 0. The van der Waals surface area contributed by atoms with Crippen LogP contribution >= 0.6 is 0 Å².